The highest BCUT2D eigenvalue weighted by molar-refractivity contribution is 5.66. The molecule has 0 saturated carbocycles. The SMILES string of the molecule is Nc1ccc2c(c1)C(NC(=O)O)C=CO2. The summed E-state index contributed by atoms with van der Waals surface area (Å²) in [5.41, 5.74) is 6.92. The third-order valence-electron chi connectivity index (χ3n) is 2.11. The molecule has 0 spiro atoms. The van der Waals surface area contributed by atoms with Crippen LogP contribution in [0.2, 0.25) is 0 Å². The summed E-state index contributed by atoms with van der Waals surface area (Å²) in [6.07, 6.45) is 1.99. The maximum atomic E-state index is 10.5. The zero-order valence-electron chi connectivity index (χ0n) is 7.81. The van der Waals surface area contributed by atoms with Gasteiger partial charge in [0.25, 0.3) is 0 Å². The summed E-state index contributed by atoms with van der Waals surface area (Å²) in [6, 6.07) is 4.70. The highest BCUT2D eigenvalue weighted by Crippen LogP contribution is 2.31. The third-order valence-corrected chi connectivity index (χ3v) is 2.11. The maximum Gasteiger partial charge on any atom is 0.405 e. The van der Waals surface area contributed by atoms with Gasteiger partial charge in [-0.05, 0) is 24.3 Å². The number of carbonyl (C=O) groups is 1. The van der Waals surface area contributed by atoms with Gasteiger partial charge >= 0.3 is 6.09 Å². The lowest BCUT2D eigenvalue weighted by molar-refractivity contribution is 0.191. The fourth-order valence-corrected chi connectivity index (χ4v) is 1.47. The molecule has 1 unspecified atom stereocenters. The number of nitrogen functional groups attached to an aromatic ring is 1. The smallest absolute Gasteiger partial charge is 0.405 e. The Hall–Kier alpha value is -2.17. The summed E-state index contributed by atoms with van der Waals surface area (Å²) in [6.45, 7) is 0. The molecule has 0 bridgehead atoms. The molecular formula is C10H10N2O3. The fraction of sp³-hybridized carbons (Fsp3) is 0.100. The van der Waals surface area contributed by atoms with Gasteiger partial charge in [-0.3, -0.25) is 0 Å². The molecule has 1 aromatic rings. The van der Waals surface area contributed by atoms with Gasteiger partial charge in [0.2, 0.25) is 0 Å². The first-order valence-corrected chi connectivity index (χ1v) is 4.39. The number of fused-ring (bicyclic) bond motifs is 1. The minimum atomic E-state index is -1.08. The van der Waals surface area contributed by atoms with Crippen molar-refractivity contribution in [3.8, 4) is 5.75 Å². The Labute approximate surface area is 86.2 Å². The molecule has 0 saturated heterocycles. The lowest BCUT2D eigenvalue weighted by Crippen LogP contribution is -2.27. The molecular weight excluding hydrogens is 196 g/mol. The van der Waals surface area contributed by atoms with Crippen molar-refractivity contribution >= 4 is 11.8 Å². The van der Waals surface area contributed by atoms with Crippen molar-refractivity contribution < 1.29 is 14.6 Å². The molecule has 0 fully saturated rings. The molecule has 1 amide bonds. The van der Waals surface area contributed by atoms with E-state index in [2.05, 4.69) is 5.32 Å². The predicted molar refractivity (Wildman–Crippen MR) is 54.5 cm³/mol. The molecule has 1 aliphatic rings. The zero-order valence-corrected chi connectivity index (χ0v) is 7.81. The molecule has 0 aliphatic carbocycles. The Morgan fingerprint density at radius 3 is 3.07 bits per heavy atom. The van der Waals surface area contributed by atoms with Crippen molar-refractivity contribution in [1.82, 2.24) is 5.32 Å². The van der Waals surface area contributed by atoms with Crippen molar-refractivity contribution in [2.45, 2.75) is 6.04 Å². The second-order valence-corrected chi connectivity index (χ2v) is 3.17. The molecule has 1 aliphatic heterocycles. The first-order chi connectivity index (χ1) is 7.16. The van der Waals surface area contributed by atoms with Crippen LogP contribution in [0.25, 0.3) is 0 Å². The summed E-state index contributed by atoms with van der Waals surface area (Å²) < 4.78 is 5.22. The summed E-state index contributed by atoms with van der Waals surface area (Å²) >= 11 is 0. The molecule has 15 heavy (non-hydrogen) atoms. The van der Waals surface area contributed by atoms with E-state index in [1.54, 1.807) is 24.3 Å². The van der Waals surface area contributed by atoms with Crippen LogP contribution in [-0.4, -0.2) is 11.2 Å². The normalized spacial score (nSPS) is 17.7. The Bertz CT molecular complexity index is 429. The van der Waals surface area contributed by atoms with E-state index in [1.807, 2.05) is 0 Å². The van der Waals surface area contributed by atoms with E-state index in [0.717, 1.165) is 5.56 Å². The molecule has 2 rings (SSSR count). The number of nitrogens with one attached hydrogen (secondary N) is 1. The molecule has 78 valence electrons. The molecule has 5 heteroatoms. The summed E-state index contributed by atoms with van der Waals surface area (Å²) in [7, 11) is 0. The number of amides is 1. The average Bonchev–Trinajstić information content (AvgIpc) is 2.18. The largest absolute Gasteiger partial charge is 0.465 e. The van der Waals surface area contributed by atoms with E-state index in [1.165, 1.54) is 6.26 Å². The van der Waals surface area contributed by atoms with Gasteiger partial charge in [0.15, 0.2) is 0 Å². The van der Waals surface area contributed by atoms with E-state index in [0.29, 0.717) is 11.4 Å². The lowest BCUT2D eigenvalue weighted by atomic mass is 10.0. The van der Waals surface area contributed by atoms with Crippen LogP contribution in [0.15, 0.2) is 30.5 Å². The summed E-state index contributed by atoms with van der Waals surface area (Å²) in [5, 5.41) is 11.0. The topological polar surface area (TPSA) is 84.6 Å². The van der Waals surface area contributed by atoms with Gasteiger partial charge in [0.1, 0.15) is 5.75 Å². The van der Waals surface area contributed by atoms with Gasteiger partial charge in [-0.25, -0.2) is 4.79 Å². The van der Waals surface area contributed by atoms with Crippen LogP contribution in [0, 0.1) is 0 Å². The summed E-state index contributed by atoms with van der Waals surface area (Å²) in [4.78, 5) is 10.5. The maximum absolute atomic E-state index is 10.5. The summed E-state index contributed by atoms with van der Waals surface area (Å²) in [5.74, 6) is 0.616. The molecule has 4 N–H and O–H groups in total. The highest BCUT2D eigenvalue weighted by Gasteiger charge is 2.19. The number of benzene rings is 1. The van der Waals surface area contributed by atoms with Gasteiger partial charge in [0.05, 0.1) is 12.3 Å². The number of hydrogen-bond acceptors (Lipinski definition) is 3. The average molecular weight is 206 g/mol. The van der Waals surface area contributed by atoms with Gasteiger partial charge in [-0.1, -0.05) is 0 Å². The predicted octanol–water partition coefficient (Wildman–Crippen LogP) is 1.48. The Kier molecular flexibility index (Phi) is 2.21. The minimum absolute atomic E-state index is 0.408. The third kappa shape index (κ3) is 1.85. The van der Waals surface area contributed by atoms with Crippen molar-refractivity contribution in [1.29, 1.82) is 0 Å². The number of ether oxygens (including phenoxy) is 1. The van der Waals surface area contributed by atoms with Crippen LogP contribution < -0.4 is 15.8 Å². The fourth-order valence-electron chi connectivity index (χ4n) is 1.47. The Morgan fingerprint density at radius 1 is 1.53 bits per heavy atom. The zero-order chi connectivity index (χ0) is 10.8. The second-order valence-electron chi connectivity index (χ2n) is 3.17. The van der Waals surface area contributed by atoms with Crippen LogP contribution in [0.4, 0.5) is 10.5 Å². The van der Waals surface area contributed by atoms with Crippen LogP contribution in [0.5, 0.6) is 5.75 Å². The van der Waals surface area contributed by atoms with Crippen molar-refractivity contribution in [2.24, 2.45) is 0 Å². The van der Waals surface area contributed by atoms with Crippen LogP contribution in [-0.2, 0) is 0 Å². The standard InChI is InChI=1S/C10H10N2O3/c11-6-1-2-9-7(5-6)8(3-4-15-9)12-10(13)14/h1-5,8,12H,11H2,(H,13,14). The Balaban J connectivity index is 2.36. The number of hydrogen-bond donors (Lipinski definition) is 3. The van der Waals surface area contributed by atoms with Crippen molar-refractivity contribution in [2.75, 3.05) is 5.73 Å². The van der Waals surface area contributed by atoms with E-state index < -0.39 is 12.1 Å². The number of anilines is 1. The van der Waals surface area contributed by atoms with Crippen molar-refractivity contribution in [3.63, 3.8) is 0 Å². The molecule has 1 aromatic carbocycles. The van der Waals surface area contributed by atoms with Gasteiger partial charge in [0, 0.05) is 11.3 Å². The van der Waals surface area contributed by atoms with Crippen molar-refractivity contribution in [3.05, 3.63) is 36.1 Å². The Morgan fingerprint density at radius 2 is 2.33 bits per heavy atom. The molecule has 0 aromatic heterocycles. The first kappa shape index (κ1) is 9.39. The minimum Gasteiger partial charge on any atom is -0.465 e. The van der Waals surface area contributed by atoms with Crippen LogP contribution in [0.1, 0.15) is 11.6 Å². The number of rotatable bonds is 1. The number of nitrogens with two attached hydrogens (primary N) is 1. The molecule has 5 nitrogen and oxygen atoms in total. The van der Waals surface area contributed by atoms with Gasteiger partial charge in [-0.2, -0.15) is 0 Å². The second kappa shape index (κ2) is 3.53. The van der Waals surface area contributed by atoms with E-state index in [4.69, 9.17) is 15.6 Å². The first-order valence-electron chi connectivity index (χ1n) is 4.39. The van der Waals surface area contributed by atoms with E-state index >= 15 is 0 Å². The van der Waals surface area contributed by atoms with E-state index in [-0.39, 0.29) is 0 Å². The van der Waals surface area contributed by atoms with Crippen LogP contribution >= 0.6 is 0 Å². The van der Waals surface area contributed by atoms with Gasteiger partial charge < -0.3 is 20.9 Å². The molecule has 1 heterocycles. The van der Waals surface area contributed by atoms with E-state index in [9.17, 15) is 4.79 Å². The quantitative estimate of drug-likeness (QED) is 0.607. The van der Waals surface area contributed by atoms with Gasteiger partial charge in [-0.15, -0.1) is 0 Å². The number of carboxylic acid groups (broad SMARTS) is 1. The molecule has 1 atom stereocenters. The van der Waals surface area contributed by atoms with Crippen LogP contribution in [0.3, 0.4) is 0 Å². The molecule has 0 radical (unpaired) electrons. The monoisotopic (exact) mass is 206 g/mol. The lowest BCUT2D eigenvalue weighted by Gasteiger charge is -2.20. The highest BCUT2D eigenvalue weighted by atomic mass is 16.5.